The first-order chi connectivity index (χ1) is 7.24. The number of rotatable bonds is 10. The molecule has 2 atom stereocenters. The summed E-state index contributed by atoms with van der Waals surface area (Å²) in [5, 5.41) is 12.5. The average Bonchev–Trinajstić information content (AvgIpc) is 2.24. The molecule has 0 aromatic rings. The second kappa shape index (κ2) is 10.4. The van der Waals surface area contributed by atoms with Gasteiger partial charge in [0.25, 0.3) is 0 Å². The van der Waals surface area contributed by atoms with E-state index >= 15 is 0 Å². The molecule has 2 nitrogen and oxygen atoms in total. The van der Waals surface area contributed by atoms with Gasteiger partial charge in [0.1, 0.15) is 0 Å². The topological polar surface area (TPSA) is 32.3 Å². The van der Waals surface area contributed by atoms with Crippen LogP contribution in [0.2, 0.25) is 0 Å². The highest BCUT2D eigenvalue weighted by molar-refractivity contribution is 4.70. The summed E-state index contributed by atoms with van der Waals surface area (Å²) in [7, 11) is 0. The van der Waals surface area contributed by atoms with Crippen molar-refractivity contribution in [2.75, 3.05) is 6.61 Å². The summed E-state index contributed by atoms with van der Waals surface area (Å²) in [5.74, 6) is 0. The summed E-state index contributed by atoms with van der Waals surface area (Å²) in [6.07, 6.45) is 8.62. The van der Waals surface area contributed by atoms with Gasteiger partial charge in [-0.25, -0.2) is 0 Å². The lowest BCUT2D eigenvalue weighted by Gasteiger charge is -2.21. The Bertz CT molecular complexity index is 128. The minimum absolute atomic E-state index is 0.300. The SMILES string of the molecule is CCCCCCC(C)NC(CC)CCO. The van der Waals surface area contributed by atoms with Crippen LogP contribution >= 0.6 is 0 Å². The molecule has 92 valence electrons. The molecule has 0 saturated heterocycles. The second-order valence-electron chi connectivity index (χ2n) is 4.53. The highest BCUT2D eigenvalue weighted by Crippen LogP contribution is 2.07. The Morgan fingerprint density at radius 3 is 2.33 bits per heavy atom. The maximum atomic E-state index is 8.89. The number of hydrogen-bond donors (Lipinski definition) is 2. The maximum absolute atomic E-state index is 8.89. The Kier molecular flexibility index (Phi) is 10.4. The van der Waals surface area contributed by atoms with E-state index in [1.54, 1.807) is 0 Å². The number of aliphatic hydroxyl groups is 1. The van der Waals surface area contributed by atoms with Crippen molar-refractivity contribution in [1.82, 2.24) is 5.32 Å². The molecule has 0 aliphatic heterocycles. The van der Waals surface area contributed by atoms with Gasteiger partial charge in [-0.3, -0.25) is 0 Å². The first-order valence-corrected chi connectivity index (χ1v) is 6.61. The molecule has 0 rings (SSSR count). The fraction of sp³-hybridized carbons (Fsp3) is 1.00. The fourth-order valence-electron chi connectivity index (χ4n) is 1.92. The van der Waals surface area contributed by atoms with E-state index in [0.717, 1.165) is 12.8 Å². The van der Waals surface area contributed by atoms with E-state index < -0.39 is 0 Å². The van der Waals surface area contributed by atoms with E-state index in [0.29, 0.717) is 18.7 Å². The van der Waals surface area contributed by atoms with Crippen molar-refractivity contribution in [3.8, 4) is 0 Å². The molecule has 0 aliphatic rings. The second-order valence-corrected chi connectivity index (χ2v) is 4.53. The molecule has 0 aromatic heterocycles. The molecule has 2 N–H and O–H groups in total. The molecule has 15 heavy (non-hydrogen) atoms. The Hall–Kier alpha value is -0.0800. The van der Waals surface area contributed by atoms with Crippen LogP contribution in [0, 0.1) is 0 Å². The third-order valence-corrected chi connectivity index (χ3v) is 2.98. The van der Waals surface area contributed by atoms with Crippen molar-refractivity contribution < 1.29 is 5.11 Å². The Labute approximate surface area is 95.5 Å². The number of aliphatic hydroxyl groups excluding tert-OH is 1. The molecule has 0 heterocycles. The molecule has 0 saturated carbocycles. The Balaban J connectivity index is 3.47. The lowest BCUT2D eigenvalue weighted by atomic mass is 10.1. The lowest BCUT2D eigenvalue weighted by Crippen LogP contribution is -2.36. The van der Waals surface area contributed by atoms with Crippen molar-refractivity contribution >= 4 is 0 Å². The predicted molar refractivity (Wildman–Crippen MR) is 67.1 cm³/mol. The monoisotopic (exact) mass is 215 g/mol. The Morgan fingerprint density at radius 1 is 1.07 bits per heavy atom. The molecule has 0 fully saturated rings. The van der Waals surface area contributed by atoms with Gasteiger partial charge in [0.05, 0.1) is 0 Å². The van der Waals surface area contributed by atoms with E-state index in [9.17, 15) is 0 Å². The predicted octanol–water partition coefficient (Wildman–Crippen LogP) is 3.10. The average molecular weight is 215 g/mol. The first kappa shape index (κ1) is 14.9. The van der Waals surface area contributed by atoms with Crippen LogP contribution in [0.5, 0.6) is 0 Å². The van der Waals surface area contributed by atoms with E-state index in [-0.39, 0.29) is 0 Å². The summed E-state index contributed by atoms with van der Waals surface area (Å²) in [5.41, 5.74) is 0. The largest absolute Gasteiger partial charge is 0.396 e. The molecule has 0 aromatic carbocycles. The number of nitrogens with one attached hydrogen (secondary N) is 1. The minimum atomic E-state index is 0.300. The zero-order valence-electron chi connectivity index (χ0n) is 10.8. The van der Waals surface area contributed by atoms with E-state index in [1.165, 1.54) is 32.1 Å². The highest BCUT2D eigenvalue weighted by atomic mass is 16.3. The molecule has 0 aliphatic carbocycles. The van der Waals surface area contributed by atoms with Crippen LogP contribution in [0.1, 0.15) is 65.7 Å². The molecule has 0 radical (unpaired) electrons. The van der Waals surface area contributed by atoms with E-state index in [4.69, 9.17) is 5.11 Å². The quantitative estimate of drug-likeness (QED) is 0.549. The van der Waals surface area contributed by atoms with Crippen molar-refractivity contribution in [1.29, 1.82) is 0 Å². The smallest absolute Gasteiger partial charge is 0.0445 e. The first-order valence-electron chi connectivity index (χ1n) is 6.61. The summed E-state index contributed by atoms with van der Waals surface area (Å²) in [4.78, 5) is 0. The van der Waals surface area contributed by atoms with E-state index in [2.05, 4.69) is 26.1 Å². The maximum Gasteiger partial charge on any atom is 0.0445 e. The minimum Gasteiger partial charge on any atom is -0.396 e. The zero-order valence-corrected chi connectivity index (χ0v) is 10.8. The van der Waals surface area contributed by atoms with Crippen LogP contribution in [0.15, 0.2) is 0 Å². The van der Waals surface area contributed by atoms with Crippen LogP contribution in [0.25, 0.3) is 0 Å². The van der Waals surface area contributed by atoms with Crippen molar-refractivity contribution in [3.05, 3.63) is 0 Å². The van der Waals surface area contributed by atoms with Crippen LogP contribution < -0.4 is 5.32 Å². The third-order valence-electron chi connectivity index (χ3n) is 2.98. The summed E-state index contributed by atoms with van der Waals surface area (Å²) in [6.45, 7) is 6.98. The van der Waals surface area contributed by atoms with E-state index in [1.807, 2.05) is 0 Å². The molecular weight excluding hydrogens is 186 g/mol. The normalized spacial score (nSPS) is 15.2. The van der Waals surface area contributed by atoms with Gasteiger partial charge in [0, 0.05) is 18.7 Å². The fourth-order valence-corrected chi connectivity index (χ4v) is 1.92. The molecule has 2 heteroatoms. The van der Waals surface area contributed by atoms with Crippen molar-refractivity contribution in [2.24, 2.45) is 0 Å². The lowest BCUT2D eigenvalue weighted by molar-refractivity contribution is 0.254. The van der Waals surface area contributed by atoms with Crippen LogP contribution in [-0.4, -0.2) is 23.8 Å². The molecule has 0 amide bonds. The van der Waals surface area contributed by atoms with Gasteiger partial charge >= 0.3 is 0 Å². The molecular formula is C13H29NO. The van der Waals surface area contributed by atoms with Crippen LogP contribution in [0.4, 0.5) is 0 Å². The standard InChI is InChI=1S/C13H29NO/c1-4-6-7-8-9-12(3)14-13(5-2)10-11-15/h12-15H,4-11H2,1-3H3. The molecule has 0 bridgehead atoms. The molecule has 0 spiro atoms. The number of unbranched alkanes of at least 4 members (excludes halogenated alkanes) is 3. The van der Waals surface area contributed by atoms with Crippen molar-refractivity contribution in [3.63, 3.8) is 0 Å². The van der Waals surface area contributed by atoms with Gasteiger partial charge in [-0.15, -0.1) is 0 Å². The van der Waals surface area contributed by atoms with Crippen molar-refractivity contribution in [2.45, 2.75) is 77.8 Å². The Morgan fingerprint density at radius 2 is 1.80 bits per heavy atom. The third kappa shape index (κ3) is 8.88. The van der Waals surface area contributed by atoms with Gasteiger partial charge in [-0.2, -0.15) is 0 Å². The highest BCUT2D eigenvalue weighted by Gasteiger charge is 2.08. The summed E-state index contributed by atoms with van der Waals surface area (Å²) < 4.78 is 0. The van der Waals surface area contributed by atoms with Gasteiger partial charge in [-0.05, 0) is 26.2 Å². The van der Waals surface area contributed by atoms with Gasteiger partial charge in [-0.1, -0.05) is 39.5 Å². The number of hydrogen-bond acceptors (Lipinski definition) is 2. The molecule has 2 unspecified atom stereocenters. The van der Waals surface area contributed by atoms with Gasteiger partial charge in [0.15, 0.2) is 0 Å². The summed E-state index contributed by atoms with van der Waals surface area (Å²) in [6, 6.07) is 1.09. The zero-order chi connectivity index (χ0) is 11.5. The van der Waals surface area contributed by atoms with Crippen LogP contribution in [0.3, 0.4) is 0 Å². The van der Waals surface area contributed by atoms with Gasteiger partial charge in [0.2, 0.25) is 0 Å². The van der Waals surface area contributed by atoms with Gasteiger partial charge < -0.3 is 10.4 Å². The van der Waals surface area contributed by atoms with Crippen LogP contribution in [-0.2, 0) is 0 Å². The summed E-state index contributed by atoms with van der Waals surface area (Å²) >= 11 is 0.